The van der Waals surface area contributed by atoms with Gasteiger partial charge in [0.1, 0.15) is 22.4 Å². The first-order valence-electron chi connectivity index (χ1n) is 4.64. The molecule has 1 aromatic heterocycles. The van der Waals surface area contributed by atoms with Crippen LogP contribution in [-0.2, 0) is 6.61 Å². The lowest BCUT2D eigenvalue weighted by Crippen LogP contribution is -1.95. The normalized spacial score (nSPS) is 10.1. The van der Waals surface area contributed by atoms with Crippen molar-refractivity contribution < 1.29 is 13.9 Å². The molecule has 0 atom stereocenters. The number of hydrogen-bond acceptors (Lipinski definition) is 4. The van der Waals surface area contributed by atoms with E-state index in [-0.39, 0.29) is 0 Å². The summed E-state index contributed by atoms with van der Waals surface area (Å²) in [6, 6.07) is 7.33. The number of benzene rings is 1. The van der Waals surface area contributed by atoms with Gasteiger partial charge in [-0.05, 0) is 40.2 Å². The molecule has 0 saturated carbocycles. The lowest BCUT2D eigenvalue weighted by molar-refractivity contribution is 0.262. The molecular formula is C11H10BrNO3. The second-order valence-corrected chi connectivity index (χ2v) is 3.84. The maximum Gasteiger partial charge on any atom is 0.233 e. The summed E-state index contributed by atoms with van der Waals surface area (Å²) >= 11 is 3.20. The number of methoxy groups -OCH3 is 1. The molecule has 0 spiro atoms. The number of hydrogen-bond donors (Lipinski definition) is 0. The van der Waals surface area contributed by atoms with Gasteiger partial charge < -0.3 is 13.9 Å². The molecule has 0 fully saturated rings. The molecule has 4 nitrogen and oxygen atoms in total. The fourth-order valence-corrected chi connectivity index (χ4v) is 1.46. The van der Waals surface area contributed by atoms with Crippen molar-refractivity contribution in [1.82, 2.24) is 4.98 Å². The van der Waals surface area contributed by atoms with Crippen LogP contribution < -0.4 is 9.47 Å². The van der Waals surface area contributed by atoms with Crippen LogP contribution in [0.15, 0.2) is 39.5 Å². The van der Waals surface area contributed by atoms with Crippen molar-refractivity contribution in [1.29, 1.82) is 0 Å². The number of aromatic nitrogens is 1. The molecule has 5 heteroatoms. The quantitative estimate of drug-likeness (QED) is 0.865. The minimum atomic E-state index is 0.304. The smallest absolute Gasteiger partial charge is 0.233 e. The van der Waals surface area contributed by atoms with Crippen LogP contribution in [0.1, 0.15) is 5.89 Å². The van der Waals surface area contributed by atoms with E-state index in [0.717, 1.165) is 11.5 Å². The molecule has 16 heavy (non-hydrogen) atoms. The van der Waals surface area contributed by atoms with E-state index in [2.05, 4.69) is 20.9 Å². The highest BCUT2D eigenvalue weighted by Gasteiger charge is 2.02. The molecular weight excluding hydrogens is 274 g/mol. The maximum atomic E-state index is 5.47. The minimum absolute atomic E-state index is 0.304. The lowest BCUT2D eigenvalue weighted by Gasteiger charge is -2.04. The summed E-state index contributed by atoms with van der Waals surface area (Å²) in [5, 5.41) is 0. The Kier molecular flexibility index (Phi) is 3.46. The van der Waals surface area contributed by atoms with Crippen LogP contribution in [-0.4, -0.2) is 12.1 Å². The van der Waals surface area contributed by atoms with E-state index in [9.17, 15) is 0 Å². The van der Waals surface area contributed by atoms with Crippen molar-refractivity contribution >= 4 is 15.9 Å². The molecule has 1 aromatic carbocycles. The molecule has 84 valence electrons. The number of rotatable bonds is 4. The fraction of sp³-hybridized carbons (Fsp3) is 0.182. The van der Waals surface area contributed by atoms with Gasteiger partial charge in [0.25, 0.3) is 0 Å². The van der Waals surface area contributed by atoms with Crippen LogP contribution in [0.2, 0.25) is 0 Å². The Labute approximate surface area is 101 Å². The molecule has 0 aliphatic rings. The van der Waals surface area contributed by atoms with Crippen molar-refractivity contribution in [2.24, 2.45) is 0 Å². The molecule has 0 amide bonds. The largest absolute Gasteiger partial charge is 0.497 e. The number of nitrogens with zero attached hydrogens (tertiary/aromatic N) is 1. The zero-order chi connectivity index (χ0) is 11.4. The Morgan fingerprint density at radius 3 is 2.50 bits per heavy atom. The first kappa shape index (κ1) is 11.0. The van der Waals surface area contributed by atoms with E-state index in [1.807, 2.05) is 24.3 Å². The second kappa shape index (κ2) is 5.03. The van der Waals surface area contributed by atoms with Crippen LogP contribution in [0, 0.1) is 0 Å². The highest BCUT2D eigenvalue weighted by Crippen LogP contribution is 2.18. The number of ether oxygens (including phenoxy) is 2. The average molecular weight is 284 g/mol. The van der Waals surface area contributed by atoms with E-state index in [4.69, 9.17) is 13.9 Å². The molecule has 0 N–H and O–H groups in total. The van der Waals surface area contributed by atoms with Crippen LogP contribution in [0.5, 0.6) is 11.5 Å². The standard InChI is InChI=1S/C11H10BrNO3/c1-14-8-2-4-9(5-3-8)15-7-11-13-10(12)6-16-11/h2-6H,7H2,1H3. The van der Waals surface area contributed by atoms with Gasteiger partial charge in [-0.25, -0.2) is 4.98 Å². The van der Waals surface area contributed by atoms with Gasteiger partial charge in [0.2, 0.25) is 5.89 Å². The first-order valence-corrected chi connectivity index (χ1v) is 5.44. The van der Waals surface area contributed by atoms with E-state index in [1.54, 1.807) is 7.11 Å². The summed E-state index contributed by atoms with van der Waals surface area (Å²) in [5.41, 5.74) is 0. The van der Waals surface area contributed by atoms with Crippen molar-refractivity contribution in [3.8, 4) is 11.5 Å². The molecule has 0 bridgehead atoms. The van der Waals surface area contributed by atoms with E-state index < -0.39 is 0 Å². The van der Waals surface area contributed by atoms with Crippen molar-refractivity contribution in [3.63, 3.8) is 0 Å². The van der Waals surface area contributed by atoms with Gasteiger partial charge in [-0.2, -0.15) is 0 Å². The first-order chi connectivity index (χ1) is 7.78. The summed E-state index contributed by atoms with van der Waals surface area (Å²) in [6.45, 7) is 0.304. The van der Waals surface area contributed by atoms with Crippen LogP contribution in [0.3, 0.4) is 0 Å². The predicted octanol–water partition coefficient (Wildman–Crippen LogP) is 3.02. The van der Waals surface area contributed by atoms with Crippen molar-refractivity contribution in [2.75, 3.05) is 7.11 Å². The average Bonchev–Trinajstić information content (AvgIpc) is 2.73. The zero-order valence-electron chi connectivity index (χ0n) is 8.64. The lowest BCUT2D eigenvalue weighted by atomic mass is 10.3. The molecule has 0 radical (unpaired) electrons. The zero-order valence-corrected chi connectivity index (χ0v) is 10.2. The van der Waals surface area contributed by atoms with Crippen LogP contribution >= 0.6 is 15.9 Å². The second-order valence-electron chi connectivity index (χ2n) is 3.03. The molecule has 0 aliphatic carbocycles. The summed E-state index contributed by atoms with van der Waals surface area (Å²) in [6.07, 6.45) is 1.52. The van der Waals surface area contributed by atoms with E-state index >= 15 is 0 Å². The highest BCUT2D eigenvalue weighted by molar-refractivity contribution is 9.10. The van der Waals surface area contributed by atoms with Crippen molar-refractivity contribution in [3.05, 3.63) is 41.0 Å². The molecule has 2 aromatic rings. The SMILES string of the molecule is COc1ccc(OCc2nc(Br)co2)cc1. The third-order valence-electron chi connectivity index (χ3n) is 1.95. The van der Waals surface area contributed by atoms with Crippen molar-refractivity contribution in [2.45, 2.75) is 6.61 Å². The summed E-state index contributed by atoms with van der Waals surface area (Å²) < 4.78 is 16.3. The predicted molar refractivity (Wildman–Crippen MR) is 61.5 cm³/mol. The van der Waals surface area contributed by atoms with Gasteiger partial charge in [0.15, 0.2) is 6.61 Å². The monoisotopic (exact) mass is 283 g/mol. The van der Waals surface area contributed by atoms with Crippen LogP contribution in [0.4, 0.5) is 0 Å². The Morgan fingerprint density at radius 1 is 1.25 bits per heavy atom. The summed E-state index contributed by atoms with van der Waals surface area (Å²) in [4.78, 5) is 4.06. The van der Waals surface area contributed by atoms with Gasteiger partial charge in [-0.1, -0.05) is 0 Å². The molecule has 0 aliphatic heterocycles. The Balaban J connectivity index is 1.94. The number of oxazole rings is 1. The summed E-state index contributed by atoms with van der Waals surface area (Å²) in [5.74, 6) is 2.07. The minimum Gasteiger partial charge on any atom is -0.497 e. The van der Waals surface area contributed by atoms with E-state index in [0.29, 0.717) is 17.1 Å². The van der Waals surface area contributed by atoms with E-state index in [1.165, 1.54) is 6.26 Å². The van der Waals surface area contributed by atoms with Gasteiger partial charge in [0.05, 0.1) is 7.11 Å². The molecule has 2 rings (SSSR count). The van der Waals surface area contributed by atoms with Crippen LogP contribution in [0.25, 0.3) is 0 Å². The Morgan fingerprint density at radius 2 is 1.94 bits per heavy atom. The third kappa shape index (κ3) is 2.76. The summed E-state index contributed by atoms with van der Waals surface area (Å²) in [7, 11) is 1.63. The number of halogens is 1. The Hall–Kier alpha value is -1.49. The van der Waals surface area contributed by atoms with Gasteiger partial charge in [-0.3, -0.25) is 0 Å². The molecule has 0 unspecified atom stereocenters. The fourth-order valence-electron chi connectivity index (χ4n) is 1.17. The topological polar surface area (TPSA) is 44.5 Å². The van der Waals surface area contributed by atoms with Gasteiger partial charge >= 0.3 is 0 Å². The van der Waals surface area contributed by atoms with Gasteiger partial charge in [0, 0.05) is 0 Å². The van der Waals surface area contributed by atoms with Gasteiger partial charge in [-0.15, -0.1) is 0 Å². The molecule has 0 saturated heterocycles. The highest BCUT2D eigenvalue weighted by atomic mass is 79.9. The maximum absolute atomic E-state index is 5.47. The molecule has 1 heterocycles. The third-order valence-corrected chi connectivity index (χ3v) is 2.31. The Bertz CT molecular complexity index is 453.